The van der Waals surface area contributed by atoms with Crippen LogP contribution in [0, 0.1) is 51.2 Å². The first-order valence-corrected chi connectivity index (χ1v) is 13.9. The SMILES string of the molecule is CCCCC1=C(C2=CCC(=C(C#N)C#N)S2)SC(C2=CCC(=C(C#N)C#N)S2)C1CCCC. The number of allylic oxidation sites excluding steroid dienone is 7. The van der Waals surface area contributed by atoms with Gasteiger partial charge >= 0.3 is 0 Å². The highest BCUT2D eigenvalue weighted by Crippen LogP contribution is 2.59. The monoisotopic (exact) mass is 490 g/mol. The Bertz CT molecular complexity index is 1090. The normalized spacial score (nSPS) is 21.8. The molecule has 0 aromatic carbocycles. The number of hydrogen-bond acceptors (Lipinski definition) is 7. The lowest BCUT2D eigenvalue weighted by Gasteiger charge is -2.23. The van der Waals surface area contributed by atoms with Crippen LogP contribution in [-0.4, -0.2) is 5.25 Å². The third kappa shape index (κ3) is 5.62. The Labute approximate surface area is 209 Å². The van der Waals surface area contributed by atoms with Gasteiger partial charge in [-0.25, -0.2) is 0 Å². The number of unbranched alkanes of at least 4 members (excludes halogenated alkanes) is 2. The van der Waals surface area contributed by atoms with Crippen molar-refractivity contribution in [2.75, 3.05) is 0 Å². The van der Waals surface area contributed by atoms with Gasteiger partial charge in [0.15, 0.2) is 0 Å². The van der Waals surface area contributed by atoms with E-state index in [1.807, 2.05) is 36.0 Å². The van der Waals surface area contributed by atoms with Crippen LogP contribution >= 0.6 is 35.3 Å². The second-order valence-corrected chi connectivity index (χ2v) is 11.5. The zero-order valence-electron chi connectivity index (χ0n) is 19.0. The maximum atomic E-state index is 9.30. The van der Waals surface area contributed by atoms with Crippen LogP contribution in [0.2, 0.25) is 0 Å². The fourth-order valence-corrected chi connectivity index (χ4v) is 8.46. The average Bonchev–Trinajstić information content (AvgIpc) is 3.57. The van der Waals surface area contributed by atoms with Gasteiger partial charge in [0.25, 0.3) is 0 Å². The summed E-state index contributed by atoms with van der Waals surface area (Å²) in [6.45, 7) is 4.44. The molecule has 0 spiro atoms. The number of nitrogens with zero attached hydrogens (tertiary/aromatic N) is 4. The average molecular weight is 491 g/mol. The Kier molecular flexibility index (Phi) is 9.41. The van der Waals surface area contributed by atoms with Crippen LogP contribution in [0.3, 0.4) is 0 Å². The van der Waals surface area contributed by atoms with Crippen LogP contribution in [0.1, 0.15) is 65.2 Å². The molecule has 0 aromatic rings. The molecule has 0 N–H and O–H groups in total. The van der Waals surface area contributed by atoms with E-state index < -0.39 is 0 Å². The summed E-state index contributed by atoms with van der Waals surface area (Å²) in [5.41, 5.74) is 1.95. The van der Waals surface area contributed by atoms with E-state index in [1.165, 1.54) is 20.3 Å². The molecule has 2 unspecified atom stereocenters. The van der Waals surface area contributed by atoms with Crippen molar-refractivity contribution in [2.45, 2.75) is 70.5 Å². The summed E-state index contributed by atoms with van der Waals surface area (Å²) in [6, 6.07) is 8.16. The zero-order chi connectivity index (χ0) is 23.8. The predicted octanol–water partition coefficient (Wildman–Crippen LogP) is 8.00. The first kappa shape index (κ1) is 25.3. The minimum absolute atomic E-state index is 0.216. The highest BCUT2D eigenvalue weighted by molar-refractivity contribution is 8.12. The molecule has 0 saturated carbocycles. The van der Waals surface area contributed by atoms with E-state index in [1.54, 1.807) is 23.5 Å². The predicted molar refractivity (Wildman–Crippen MR) is 138 cm³/mol. The van der Waals surface area contributed by atoms with Gasteiger partial charge in [0, 0.05) is 31.3 Å². The molecule has 3 rings (SSSR count). The molecule has 0 fully saturated rings. The minimum atomic E-state index is 0.216. The molecule has 0 saturated heterocycles. The van der Waals surface area contributed by atoms with Crippen molar-refractivity contribution in [3.8, 4) is 24.3 Å². The Morgan fingerprint density at radius 2 is 1.48 bits per heavy atom. The maximum Gasteiger partial charge on any atom is 0.139 e. The van der Waals surface area contributed by atoms with Crippen LogP contribution in [0.25, 0.3) is 0 Å². The van der Waals surface area contributed by atoms with Crippen molar-refractivity contribution in [3.05, 3.63) is 53.4 Å². The molecule has 33 heavy (non-hydrogen) atoms. The van der Waals surface area contributed by atoms with Crippen molar-refractivity contribution in [2.24, 2.45) is 5.92 Å². The molecule has 0 bridgehead atoms. The summed E-state index contributed by atoms with van der Waals surface area (Å²) < 4.78 is 0. The lowest BCUT2D eigenvalue weighted by atomic mass is 9.86. The van der Waals surface area contributed by atoms with Crippen molar-refractivity contribution in [1.82, 2.24) is 0 Å². The third-order valence-electron chi connectivity index (χ3n) is 5.96. The van der Waals surface area contributed by atoms with E-state index in [2.05, 4.69) is 26.0 Å². The van der Waals surface area contributed by atoms with Crippen molar-refractivity contribution in [3.63, 3.8) is 0 Å². The molecule has 2 atom stereocenters. The van der Waals surface area contributed by atoms with Crippen molar-refractivity contribution < 1.29 is 0 Å². The summed E-state index contributed by atoms with van der Waals surface area (Å²) in [4.78, 5) is 5.48. The molecule has 3 aliphatic rings. The molecule has 0 aliphatic carbocycles. The van der Waals surface area contributed by atoms with Gasteiger partial charge in [-0.05, 0) is 36.5 Å². The topological polar surface area (TPSA) is 95.2 Å². The first-order chi connectivity index (χ1) is 16.1. The second kappa shape index (κ2) is 12.3. The van der Waals surface area contributed by atoms with Gasteiger partial charge < -0.3 is 0 Å². The number of nitriles is 4. The summed E-state index contributed by atoms with van der Waals surface area (Å²) in [5, 5.41) is 37.5. The lowest BCUT2D eigenvalue weighted by Crippen LogP contribution is -2.16. The van der Waals surface area contributed by atoms with Crippen LogP contribution in [0.5, 0.6) is 0 Å². The number of hydrogen-bond donors (Lipinski definition) is 0. The molecular formula is C26H26N4S3. The fraction of sp³-hybridized carbons (Fsp3) is 0.462. The molecular weight excluding hydrogens is 465 g/mol. The van der Waals surface area contributed by atoms with E-state index in [9.17, 15) is 21.0 Å². The molecule has 3 aliphatic heterocycles. The molecule has 7 heteroatoms. The van der Waals surface area contributed by atoms with Crippen molar-refractivity contribution >= 4 is 35.3 Å². The molecule has 0 aromatic heterocycles. The van der Waals surface area contributed by atoms with Crippen LogP contribution < -0.4 is 0 Å². The quantitative estimate of drug-likeness (QED) is 0.318. The van der Waals surface area contributed by atoms with E-state index in [0.29, 0.717) is 24.0 Å². The van der Waals surface area contributed by atoms with Crippen molar-refractivity contribution in [1.29, 1.82) is 21.0 Å². The van der Waals surface area contributed by atoms with Gasteiger partial charge in [-0.2, -0.15) is 21.0 Å². The Morgan fingerprint density at radius 1 is 0.879 bits per heavy atom. The van der Waals surface area contributed by atoms with Gasteiger partial charge in [0.1, 0.15) is 35.4 Å². The Morgan fingerprint density at radius 3 is 2.09 bits per heavy atom. The maximum absolute atomic E-state index is 9.30. The fourth-order valence-electron chi connectivity index (χ4n) is 4.26. The smallest absolute Gasteiger partial charge is 0.139 e. The molecule has 0 radical (unpaired) electrons. The third-order valence-corrected chi connectivity index (χ3v) is 10.3. The van der Waals surface area contributed by atoms with E-state index >= 15 is 0 Å². The molecule has 4 nitrogen and oxygen atoms in total. The van der Waals surface area contributed by atoms with Gasteiger partial charge in [0.2, 0.25) is 0 Å². The number of rotatable bonds is 8. The summed E-state index contributed by atoms with van der Waals surface area (Å²) in [5.74, 6) is 0.433. The largest absolute Gasteiger partial charge is 0.192 e. The standard InChI is InChI=1S/C26H26N4S3/c1-3-5-7-19-20(8-6-4-2)26(24-12-10-22(32-24)18(15-29)16-30)33-25(19)23-11-9-21(31-23)17(13-27)14-28/h11-12,19,25H,3-10H2,1-2H3. The van der Waals surface area contributed by atoms with Gasteiger partial charge in [-0.3, -0.25) is 0 Å². The molecule has 3 heterocycles. The minimum Gasteiger partial charge on any atom is -0.192 e. The van der Waals surface area contributed by atoms with E-state index in [0.717, 1.165) is 48.3 Å². The Balaban J connectivity index is 1.95. The highest BCUT2D eigenvalue weighted by atomic mass is 32.2. The van der Waals surface area contributed by atoms with Crippen LogP contribution in [-0.2, 0) is 0 Å². The summed E-state index contributed by atoms with van der Waals surface area (Å²) >= 11 is 5.10. The second-order valence-electron chi connectivity index (χ2n) is 8.08. The van der Waals surface area contributed by atoms with Gasteiger partial charge in [-0.15, -0.1) is 11.8 Å². The van der Waals surface area contributed by atoms with Crippen LogP contribution in [0.4, 0.5) is 0 Å². The van der Waals surface area contributed by atoms with Gasteiger partial charge in [-0.1, -0.05) is 74.4 Å². The lowest BCUT2D eigenvalue weighted by molar-refractivity contribution is 0.525. The van der Waals surface area contributed by atoms with Crippen LogP contribution in [0.15, 0.2) is 53.4 Å². The molecule has 168 valence electrons. The highest BCUT2D eigenvalue weighted by Gasteiger charge is 2.40. The van der Waals surface area contributed by atoms with Gasteiger partial charge in [0.05, 0.1) is 0 Å². The summed E-state index contributed by atoms with van der Waals surface area (Å²) in [6.07, 6.45) is 12.4. The first-order valence-electron chi connectivity index (χ1n) is 11.3. The van der Waals surface area contributed by atoms with E-state index in [4.69, 9.17) is 0 Å². The Hall–Kier alpha value is -2.29. The van der Waals surface area contributed by atoms with E-state index in [-0.39, 0.29) is 11.1 Å². The summed E-state index contributed by atoms with van der Waals surface area (Å²) in [7, 11) is 0. The molecule has 0 amide bonds. The number of thioether (sulfide) groups is 3. The zero-order valence-corrected chi connectivity index (χ0v) is 21.4.